The number of amides is 2. The Morgan fingerprint density at radius 3 is 2.62 bits per heavy atom. The van der Waals surface area contributed by atoms with Crippen molar-refractivity contribution in [1.82, 2.24) is 5.32 Å². The first-order valence-corrected chi connectivity index (χ1v) is 7.14. The fourth-order valence-electron chi connectivity index (χ4n) is 2.39. The number of hydrogen-bond acceptors (Lipinski definition) is 2. The van der Waals surface area contributed by atoms with Gasteiger partial charge in [-0.2, -0.15) is 0 Å². The lowest BCUT2D eigenvalue weighted by Gasteiger charge is -2.24. The molecule has 2 N–H and O–H groups in total. The van der Waals surface area contributed by atoms with Crippen molar-refractivity contribution in [2.24, 2.45) is 5.92 Å². The van der Waals surface area contributed by atoms with Crippen LogP contribution in [0.25, 0.3) is 0 Å². The highest BCUT2D eigenvalue weighted by atomic mass is 16.4. The van der Waals surface area contributed by atoms with Crippen molar-refractivity contribution in [3.8, 4) is 0 Å². The van der Waals surface area contributed by atoms with Crippen LogP contribution in [0.15, 0.2) is 42.5 Å². The Morgan fingerprint density at radius 1 is 1.24 bits per heavy atom. The Kier molecular flexibility index (Phi) is 5.37. The highest BCUT2D eigenvalue weighted by Crippen LogP contribution is 2.18. The molecule has 0 aromatic heterocycles. The third kappa shape index (κ3) is 4.63. The quantitative estimate of drug-likeness (QED) is 0.818. The Hall–Kier alpha value is -2.30. The molecule has 0 saturated carbocycles. The van der Waals surface area contributed by atoms with Crippen molar-refractivity contribution in [2.75, 3.05) is 18.0 Å². The second-order valence-electron chi connectivity index (χ2n) is 5.15. The average molecular weight is 288 g/mol. The van der Waals surface area contributed by atoms with Crippen molar-refractivity contribution in [2.45, 2.75) is 19.3 Å². The Labute approximate surface area is 124 Å². The van der Waals surface area contributed by atoms with Crippen LogP contribution in [0.4, 0.5) is 10.5 Å². The van der Waals surface area contributed by atoms with E-state index in [1.165, 1.54) is 4.90 Å². The molecule has 0 radical (unpaired) electrons. The molecule has 21 heavy (non-hydrogen) atoms. The molecule has 0 saturated heterocycles. The highest BCUT2D eigenvalue weighted by Gasteiger charge is 2.19. The molecule has 1 unspecified atom stereocenters. The molecule has 0 spiro atoms. The number of carboxylic acid groups (broad SMARTS) is 1. The van der Waals surface area contributed by atoms with Crippen LogP contribution in [-0.4, -0.2) is 30.2 Å². The lowest BCUT2D eigenvalue weighted by atomic mass is 9.94. The van der Waals surface area contributed by atoms with E-state index in [9.17, 15) is 9.59 Å². The maximum atomic E-state index is 12.3. The van der Waals surface area contributed by atoms with Crippen molar-refractivity contribution in [3.63, 3.8) is 0 Å². The number of carbonyl (C=O) groups excluding carboxylic acids is 1. The molecule has 1 aromatic carbocycles. The monoisotopic (exact) mass is 288 g/mol. The summed E-state index contributed by atoms with van der Waals surface area (Å²) >= 11 is 0. The molecule has 1 aliphatic carbocycles. The van der Waals surface area contributed by atoms with E-state index in [-0.39, 0.29) is 12.6 Å². The summed E-state index contributed by atoms with van der Waals surface area (Å²) in [5, 5.41) is 11.8. The van der Waals surface area contributed by atoms with Gasteiger partial charge in [-0.1, -0.05) is 30.4 Å². The Bertz CT molecular complexity index is 514. The van der Waals surface area contributed by atoms with Gasteiger partial charge in [-0.15, -0.1) is 0 Å². The van der Waals surface area contributed by atoms with E-state index < -0.39 is 5.97 Å². The van der Waals surface area contributed by atoms with Gasteiger partial charge in [0.1, 0.15) is 6.54 Å². The van der Waals surface area contributed by atoms with Gasteiger partial charge >= 0.3 is 12.0 Å². The summed E-state index contributed by atoms with van der Waals surface area (Å²) in [6.45, 7) is 0.229. The number of allylic oxidation sites excluding steroid dienone is 2. The van der Waals surface area contributed by atoms with Gasteiger partial charge in [-0.25, -0.2) is 4.79 Å². The number of aliphatic carboxylic acids is 1. The molecule has 0 bridgehead atoms. The van der Waals surface area contributed by atoms with E-state index >= 15 is 0 Å². The van der Waals surface area contributed by atoms with Gasteiger partial charge in [0.2, 0.25) is 0 Å². The van der Waals surface area contributed by atoms with E-state index in [1.807, 2.05) is 6.07 Å². The SMILES string of the molecule is O=C(O)CN(C(=O)NCC1CC=CCC1)c1ccccc1. The fraction of sp³-hybridized carbons (Fsp3) is 0.375. The smallest absolute Gasteiger partial charge is 0.323 e. The van der Waals surface area contributed by atoms with E-state index in [1.54, 1.807) is 24.3 Å². The molecule has 5 nitrogen and oxygen atoms in total. The molecule has 0 fully saturated rings. The Balaban J connectivity index is 1.97. The van der Waals surface area contributed by atoms with Crippen LogP contribution in [0.2, 0.25) is 0 Å². The minimum atomic E-state index is -1.03. The molecule has 0 aliphatic heterocycles. The number of carboxylic acids is 1. The Morgan fingerprint density at radius 2 is 2.00 bits per heavy atom. The van der Waals surface area contributed by atoms with E-state index in [0.29, 0.717) is 18.2 Å². The average Bonchev–Trinajstić information content (AvgIpc) is 2.52. The zero-order valence-electron chi connectivity index (χ0n) is 11.9. The van der Waals surface area contributed by atoms with Crippen LogP contribution < -0.4 is 10.2 Å². The molecule has 1 atom stereocenters. The van der Waals surface area contributed by atoms with Crippen LogP contribution in [0.5, 0.6) is 0 Å². The van der Waals surface area contributed by atoms with Crippen molar-refractivity contribution in [1.29, 1.82) is 0 Å². The lowest BCUT2D eigenvalue weighted by molar-refractivity contribution is -0.135. The lowest BCUT2D eigenvalue weighted by Crippen LogP contribution is -2.44. The first kappa shape index (κ1) is 15.1. The maximum absolute atomic E-state index is 12.3. The third-order valence-corrected chi connectivity index (χ3v) is 3.53. The fourth-order valence-corrected chi connectivity index (χ4v) is 2.39. The number of benzene rings is 1. The standard InChI is InChI=1S/C16H20N2O3/c19-15(20)12-18(14-9-5-2-6-10-14)16(21)17-11-13-7-3-1-4-8-13/h1-3,5-6,9-10,13H,4,7-8,11-12H2,(H,17,21)(H,19,20). The number of rotatable bonds is 5. The van der Waals surface area contributed by atoms with Gasteiger partial charge in [0.15, 0.2) is 0 Å². The minimum absolute atomic E-state index is 0.347. The third-order valence-electron chi connectivity index (χ3n) is 3.53. The summed E-state index contributed by atoms with van der Waals surface area (Å²) in [6.07, 6.45) is 7.34. The maximum Gasteiger partial charge on any atom is 0.323 e. The van der Waals surface area contributed by atoms with Crippen LogP contribution in [0, 0.1) is 5.92 Å². The van der Waals surface area contributed by atoms with Crippen molar-refractivity contribution in [3.05, 3.63) is 42.5 Å². The number of anilines is 1. The summed E-state index contributed by atoms with van der Waals surface area (Å²) < 4.78 is 0. The van der Waals surface area contributed by atoms with Crippen molar-refractivity contribution >= 4 is 17.7 Å². The zero-order valence-corrected chi connectivity index (χ0v) is 11.9. The van der Waals surface area contributed by atoms with E-state index in [4.69, 9.17) is 5.11 Å². The number of para-hydroxylation sites is 1. The van der Waals surface area contributed by atoms with Gasteiger partial charge in [0, 0.05) is 12.2 Å². The van der Waals surface area contributed by atoms with Crippen LogP contribution in [0.3, 0.4) is 0 Å². The molecular formula is C16H20N2O3. The molecule has 5 heteroatoms. The van der Waals surface area contributed by atoms with Crippen molar-refractivity contribution < 1.29 is 14.7 Å². The van der Waals surface area contributed by atoms with E-state index in [0.717, 1.165) is 19.3 Å². The van der Waals surface area contributed by atoms with Gasteiger partial charge < -0.3 is 10.4 Å². The number of nitrogens with one attached hydrogen (secondary N) is 1. The van der Waals surface area contributed by atoms with Crippen LogP contribution >= 0.6 is 0 Å². The summed E-state index contributed by atoms with van der Waals surface area (Å²) in [4.78, 5) is 24.5. The normalized spacial score (nSPS) is 17.2. The number of urea groups is 1. The molecule has 2 rings (SSSR count). The molecule has 0 heterocycles. The first-order chi connectivity index (χ1) is 10.2. The van der Waals surface area contributed by atoms with Crippen LogP contribution in [-0.2, 0) is 4.79 Å². The van der Waals surface area contributed by atoms with Gasteiger partial charge in [-0.3, -0.25) is 9.69 Å². The molecule has 112 valence electrons. The number of hydrogen-bond donors (Lipinski definition) is 2. The first-order valence-electron chi connectivity index (χ1n) is 7.14. The zero-order chi connectivity index (χ0) is 15.1. The molecular weight excluding hydrogens is 268 g/mol. The van der Waals surface area contributed by atoms with E-state index in [2.05, 4.69) is 17.5 Å². The molecule has 1 aromatic rings. The topological polar surface area (TPSA) is 69.6 Å². The van der Waals surface area contributed by atoms with Gasteiger partial charge in [0.25, 0.3) is 0 Å². The highest BCUT2D eigenvalue weighted by molar-refractivity contribution is 5.96. The summed E-state index contributed by atoms with van der Waals surface area (Å²) in [5.74, 6) is -0.601. The second-order valence-corrected chi connectivity index (χ2v) is 5.15. The predicted octanol–water partition coefficient (Wildman–Crippen LogP) is 2.64. The summed E-state index contributed by atoms with van der Waals surface area (Å²) in [5.41, 5.74) is 0.584. The summed E-state index contributed by atoms with van der Waals surface area (Å²) in [6, 6.07) is 8.48. The minimum Gasteiger partial charge on any atom is -0.480 e. The second kappa shape index (κ2) is 7.47. The predicted molar refractivity (Wildman–Crippen MR) is 81.3 cm³/mol. The van der Waals surface area contributed by atoms with Crippen LogP contribution in [0.1, 0.15) is 19.3 Å². The van der Waals surface area contributed by atoms with Gasteiger partial charge in [-0.05, 0) is 37.3 Å². The number of carbonyl (C=O) groups is 2. The van der Waals surface area contributed by atoms with Gasteiger partial charge in [0.05, 0.1) is 0 Å². The molecule has 1 aliphatic rings. The summed E-state index contributed by atoms with van der Waals surface area (Å²) in [7, 11) is 0. The number of nitrogens with zero attached hydrogens (tertiary/aromatic N) is 1. The largest absolute Gasteiger partial charge is 0.480 e. The molecule has 2 amide bonds.